The van der Waals surface area contributed by atoms with Gasteiger partial charge in [0.15, 0.2) is 0 Å². The van der Waals surface area contributed by atoms with Gasteiger partial charge in [0.05, 0.1) is 6.20 Å². The van der Waals surface area contributed by atoms with Gasteiger partial charge in [-0.25, -0.2) is 9.37 Å². The fraction of sp³-hybridized carbons (Fsp3) is 0.375. The van der Waals surface area contributed by atoms with E-state index in [4.69, 9.17) is 5.73 Å². The van der Waals surface area contributed by atoms with Crippen LogP contribution in [0.4, 0.5) is 10.2 Å². The molecule has 0 spiro atoms. The minimum absolute atomic E-state index is 0.123. The molecule has 0 amide bonds. The fourth-order valence-electron chi connectivity index (χ4n) is 2.41. The Hall–Kier alpha value is -1.97. The summed E-state index contributed by atoms with van der Waals surface area (Å²) in [6.45, 7) is 4.27. The zero-order valence-electron chi connectivity index (χ0n) is 11.9. The Kier molecular flexibility index (Phi) is 4.66. The highest BCUT2D eigenvalue weighted by atomic mass is 19.1. The highest BCUT2D eigenvalue weighted by Crippen LogP contribution is 2.33. The summed E-state index contributed by atoms with van der Waals surface area (Å²) in [4.78, 5) is 8.30. The molecule has 20 heavy (non-hydrogen) atoms. The van der Waals surface area contributed by atoms with Crippen LogP contribution in [0.5, 0.6) is 0 Å². The average molecular weight is 273 g/mol. The lowest BCUT2D eigenvalue weighted by atomic mass is 9.82. The van der Waals surface area contributed by atoms with Crippen molar-refractivity contribution in [2.75, 3.05) is 5.73 Å². The Balaban J connectivity index is 2.35. The first-order chi connectivity index (χ1) is 9.61. The van der Waals surface area contributed by atoms with E-state index in [1.807, 2.05) is 18.2 Å². The van der Waals surface area contributed by atoms with Gasteiger partial charge in [-0.1, -0.05) is 26.3 Å². The number of nitrogen functional groups attached to an aromatic ring is 1. The molecular weight excluding hydrogens is 253 g/mol. The normalized spacial score (nSPS) is 13.9. The quantitative estimate of drug-likeness (QED) is 0.906. The zero-order valence-corrected chi connectivity index (χ0v) is 11.9. The van der Waals surface area contributed by atoms with Crippen LogP contribution in [0.3, 0.4) is 0 Å². The largest absolute Gasteiger partial charge is 0.383 e. The van der Waals surface area contributed by atoms with Gasteiger partial charge in [-0.05, 0) is 36.5 Å². The van der Waals surface area contributed by atoms with E-state index in [1.165, 1.54) is 6.07 Å². The summed E-state index contributed by atoms with van der Waals surface area (Å²) >= 11 is 0. The summed E-state index contributed by atoms with van der Waals surface area (Å²) in [7, 11) is 0. The van der Waals surface area contributed by atoms with Crippen molar-refractivity contribution in [3.63, 3.8) is 0 Å². The number of aromatic nitrogens is 2. The van der Waals surface area contributed by atoms with Gasteiger partial charge in [0.1, 0.15) is 11.6 Å². The van der Waals surface area contributed by atoms with Crippen molar-refractivity contribution in [1.29, 1.82) is 0 Å². The Morgan fingerprint density at radius 1 is 1.30 bits per heavy atom. The number of hydrogen-bond donors (Lipinski definition) is 1. The molecule has 3 nitrogen and oxygen atoms in total. The first-order valence-electron chi connectivity index (χ1n) is 6.92. The molecule has 0 saturated heterocycles. The minimum Gasteiger partial charge on any atom is -0.383 e. The second-order valence-corrected chi connectivity index (χ2v) is 5.15. The Morgan fingerprint density at radius 3 is 2.75 bits per heavy atom. The summed E-state index contributed by atoms with van der Waals surface area (Å²) < 4.78 is 13.5. The Morgan fingerprint density at radius 2 is 2.10 bits per heavy atom. The summed E-state index contributed by atoms with van der Waals surface area (Å²) in [6.07, 6.45) is 4.67. The van der Waals surface area contributed by atoms with Crippen LogP contribution in [-0.2, 0) is 6.42 Å². The van der Waals surface area contributed by atoms with E-state index in [-0.39, 0.29) is 11.7 Å². The lowest BCUT2D eigenvalue weighted by Gasteiger charge is -2.24. The zero-order chi connectivity index (χ0) is 14.5. The molecule has 0 aliphatic carbocycles. The van der Waals surface area contributed by atoms with E-state index in [0.29, 0.717) is 11.7 Å². The monoisotopic (exact) mass is 273 g/mol. The van der Waals surface area contributed by atoms with Crippen molar-refractivity contribution >= 4 is 5.82 Å². The molecule has 2 atom stereocenters. The first kappa shape index (κ1) is 14.4. The predicted molar refractivity (Wildman–Crippen MR) is 78.7 cm³/mol. The van der Waals surface area contributed by atoms with Gasteiger partial charge in [-0.15, -0.1) is 0 Å². The fourth-order valence-corrected chi connectivity index (χ4v) is 2.41. The van der Waals surface area contributed by atoms with E-state index in [2.05, 4.69) is 23.8 Å². The van der Waals surface area contributed by atoms with Gasteiger partial charge in [-0.2, -0.15) is 0 Å². The molecule has 0 aromatic carbocycles. The molecule has 0 radical (unpaired) electrons. The van der Waals surface area contributed by atoms with Crippen molar-refractivity contribution in [2.24, 2.45) is 5.92 Å². The van der Waals surface area contributed by atoms with Gasteiger partial charge in [0.25, 0.3) is 0 Å². The van der Waals surface area contributed by atoms with Crippen LogP contribution in [0.15, 0.2) is 36.7 Å². The summed E-state index contributed by atoms with van der Waals surface area (Å²) in [5, 5.41) is 0. The third-order valence-corrected chi connectivity index (χ3v) is 3.80. The number of hydrogen-bond acceptors (Lipinski definition) is 3. The van der Waals surface area contributed by atoms with Crippen LogP contribution in [-0.4, -0.2) is 9.97 Å². The third kappa shape index (κ3) is 3.32. The van der Waals surface area contributed by atoms with Gasteiger partial charge < -0.3 is 5.73 Å². The lowest BCUT2D eigenvalue weighted by molar-refractivity contribution is 0.438. The number of halogens is 1. The number of anilines is 1. The smallest absolute Gasteiger partial charge is 0.141 e. The van der Waals surface area contributed by atoms with E-state index < -0.39 is 0 Å². The summed E-state index contributed by atoms with van der Waals surface area (Å²) in [5.41, 5.74) is 7.71. The Labute approximate surface area is 119 Å². The molecule has 0 aliphatic rings. The SMILES string of the molecule is CCC(C)C(Cc1ccccn1)c1cc(F)cnc1N. The first-order valence-corrected chi connectivity index (χ1v) is 6.92. The second-order valence-electron chi connectivity index (χ2n) is 5.15. The molecule has 2 N–H and O–H groups in total. The second kappa shape index (κ2) is 6.46. The number of nitrogens with zero attached hydrogens (tertiary/aromatic N) is 2. The third-order valence-electron chi connectivity index (χ3n) is 3.80. The predicted octanol–water partition coefficient (Wildman–Crippen LogP) is 3.57. The van der Waals surface area contributed by atoms with Crippen LogP contribution in [0.1, 0.15) is 37.4 Å². The highest BCUT2D eigenvalue weighted by Gasteiger charge is 2.22. The summed E-state index contributed by atoms with van der Waals surface area (Å²) in [5.74, 6) is 0.567. The van der Waals surface area contributed by atoms with Crippen molar-refractivity contribution in [2.45, 2.75) is 32.6 Å². The minimum atomic E-state index is -0.344. The molecular formula is C16H20FN3. The van der Waals surface area contributed by atoms with Crippen LogP contribution in [0.2, 0.25) is 0 Å². The average Bonchev–Trinajstić information content (AvgIpc) is 2.48. The summed E-state index contributed by atoms with van der Waals surface area (Å²) in [6, 6.07) is 7.34. The van der Waals surface area contributed by atoms with E-state index >= 15 is 0 Å². The topological polar surface area (TPSA) is 51.8 Å². The lowest BCUT2D eigenvalue weighted by Crippen LogP contribution is -2.16. The molecule has 2 heterocycles. The van der Waals surface area contributed by atoms with Crippen molar-refractivity contribution in [3.05, 3.63) is 53.7 Å². The molecule has 2 aromatic heterocycles. The maximum absolute atomic E-state index is 13.5. The van der Waals surface area contributed by atoms with Crippen LogP contribution in [0, 0.1) is 11.7 Å². The standard InChI is InChI=1S/C16H20FN3/c1-3-11(2)14(9-13-6-4-5-7-19-13)15-8-12(17)10-20-16(15)18/h4-8,10-11,14H,3,9H2,1-2H3,(H2,18,20). The van der Waals surface area contributed by atoms with Gasteiger partial charge >= 0.3 is 0 Å². The van der Waals surface area contributed by atoms with Gasteiger partial charge in [-0.3, -0.25) is 4.98 Å². The molecule has 2 unspecified atom stereocenters. The Bertz CT molecular complexity index is 557. The van der Waals surface area contributed by atoms with Crippen LogP contribution < -0.4 is 5.73 Å². The van der Waals surface area contributed by atoms with Crippen molar-refractivity contribution in [1.82, 2.24) is 9.97 Å². The number of pyridine rings is 2. The molecule has 0 aliphatic heterocycles. The molecule has 2 rings (SSSR count). The van der Waals surface area contributed by atoms with Crippen LogP contribution >= 0.6 is 0 Å². The maximum atomic E-state index is 13.5. The van der Waals surface area contributed by atoms with Crippen molar-refractivity contribution < 1.29 is 4.39 Å². The van der Waals surface area contributed by atoms with E-state index in [1.54, 1.807) is 6.20 Å². The van der Waals surface area contributed by atoms with Crippen LogP contribution in [0.25, 0.3) is 0 Å². The molecule has 0 saturated carbocycles. The molecule has 106 valence electrons. The molecule has 0 fully saturated rings. The number of nitrogens with two attached hydrogens (primary N) is 1. The number of rotatable bonds is 5. The molecule has 0 bridgehead atoms. The van der Waals surface area contributed by atoms with Gasteiger partial charge in [0.2, 0.25) is 0 Å². The van der Waals surface area contributed by atoms with Crippen molar-refractivity contribution in [3.8, 4) is 0 Å². The van der Waals surface area contributed by atoms with E-state index in [0.717, 1.165) is 30.3 Å². The van der Waals surface area contributed by atoms with E-state index in [9.17, 15) is 4.39 Å². The molecule has 2 aromatic rings. The van der Waals surface area contributed by atoms with Gasteiger partial charge in [0, 0.05) is 17.5 Å². The maximum Gasteiger partial charge on any atom is 0.141 e. The highest BCUT2D eigenvalue weighted by molar-refractivity contribution is 5.42. The molecule has 4 heteroatoms.